The Morgan fingerprint density at radius 3 is 2.21 bits per heavy atom. The molecule has 0 radical (unpaired) electrons. The van der Waals surface area contributed by atoms with E-state index in [9.17, 15) is 14.4 Å². The second-order valence-electron chi connectivity index (χ2n) is 9.74. The van der Waals surface area contributed by atoms with Crippen molar-refractivity contribution in [3.63, 3.8) is 0 Å². The van der Waals surface area contributed by atoms with Crippen LogP contribution in [0.2, 0.25) is 0 Å². The number of hydrogen-bond donors (Lipinski definition) is 2. The molecular formula is C26H30N4O3. The van der Waals surface area contributed by atoms with Gasteiger partial charge in [-0.3, -0.25) is 25.2 Å². The van der Waals surface area contributed by atoms with Gasteiger partial charge in [-0.25, -0.2) is 4.68 Å². The number of nitrogens with zero attached hydrogens (tertiary/aromatic N) is 2. The predicted octanol–water partition coefficient (Wildman–Crippen LogP) is 3.60. The van der Waals surface area contributed by atoms with Gasteiger partial charge in [-0.1, -0.05) is 70.2 Å². The fourth-order valence-corrected chi connectivity index (χ4v) is 4.12. The Kier molecular flexibility index (Phi) is 5.82. The van der Waals surface area contributed by atoms with Gasteiger partial charge in [0.15, 0.2) is 5.69 Å². The van der Waals surface area contributed by atoms with Crippen molar-refractivity contribution in [1.29, 1.82) is 0 Å². The quantitative estimate of drug-likeness (QED) is 0.586. The van der Waals surface area contributed by atoms with E-state index in [1.165, 1.54) is 10.2 Å². The molecule has 2 aromatic carbocycles. The summed E-state index contributed by atoms with van der Waals surface area (Å²) in [6, 6.07) is 15.0. The molecule has 0 unspecified atom stereocenters. The zero-order valence-electron chi connectivity index (χ0n) is 19.6. The molecule has 2 N–H and O–H groups in total. The van der Waals surface area contributed by atoms with Crippen LogP contribution in [0.5, 0.6) is 0 Å². The third kappa shape index (κ3) is 4.27. The number of hydrazine groups is 1. The highest BCUT2D eigenvalue weighted by Crippen LogP contribution is 2.48. The van der Waals surface area contributed by atoms with Crippen LogP contribution in [0.15, 0.2) is 53.3 Å². The summed E-state index contributed by atoms with van der Waals surface area (Å²) in [6.07, 6.45) is 2.16. The van der Waals surface area contributed by atoms with Gasteiger partial charge in [0.25, 0.3) is 11.5 Å². The van der Waals surface area contributed by atoms with Crippen LogP contribution in [0.1, 0.15) is 68.6 Å². The molecule has 0 bridgehead atoms. The average molecular weight is 447 g/mol. The van der Waals surface area contributed by atoms with Crippen LogP contribution in [0.4, 0.5) is 0 Å². The number of aromatic nitrogens is 2. The lowest BCUT2D eigenvalue weighted by Gasteiger charge is -2.21. The van der Waals surface area contributed by atoms with Crippen LogP contribution >= 0.6 is 0 Å². The van der Waals surface area contributed by atoms with Crippen LogP contribution in [0, 0.1) is 0 Å². The summed E-state index contributed by atoms with van der Waals surface area (Å²) in [5, 5.41) is 5.16. The second-order valence-corrected chi connectivity index (χ2v) is 9.74. The Balaban J connectivity index is 1.54. The van der Waals surface area contributed by atoms with Gasteiger partial charge in [0, 0.05) is 11.9 Å². The number of hydrogen-bond acceptors (Lipinski definition) is 4. The van der Waals surface area contributed by atoms with Gasteiger partial charge >= 0.3 is 0 Å². The van der Waals surface area contributed by atoms with Crippen LogP contribution in [0.3, 0.4) is 0 Å². The van der Waals surface area contributed by atoms with Crippen LogP contribution in [-0.4, -0.2) is 21.6 Å². The molecule has 0 aliphatic heterocycles. The zero-order chi connectivity index (χ0) is 23.8. The topological polar surface area (TPSA) is 93.1 Å². The molecule has 3 aromatic rings. The maximum absolute atomic E-state index is 13.0. The summed E-state index contributed by atoms with van der Waals surface area (Å²) in [7, 11) is 0. The standard InChI is InChI=1S/C26H30N4O3/c1-5-16-30-23(32)20-9-7-6-8-19(20)21(29-30)22(31)27-28-24(33)26(14-15-26)18-12-10-17(11-13-18)25(2,3)4/h6-13H,5,14-16H2,1-4H3,(H,27,31)(H,28,33). The number of carbonyl (C=O) groups excluding carboxylic acids is 2. The number of rotatable bonds is 5. The smallest absolute Gasteiger partial charge is 0.272 e. The molecule has 7 heteroatoms. The monoisotopic (exact) mass is 446 g/mol. The number of carbonyl (C=O) groups is 2. The van der Waals surface area contributed by atoms with E-state index in [1.54, 1.807) is 24.3 Å². The highest BCUT2D eigenvalue weighted by Gasteiger charge is 2.51. The number of nitrogens with one attached hydrogen (secondary N) is 2. The molecule has 1 fully saturated rings. The number of aryl methyl sites for hydroxylation is 1. The van der Waals surface area contributed by atoms with E-state index in [1.807, 2.05) is 19.1 Å². The van der Waals surface area contributed by atoms with Crippen molar-refractivity contribution in [2.75, 3.05) is 0 Å². The second kappa shape index (κ2) is 8.46. The van der Waals surface area contributed by atoms with Gasteiger partial charge in [0.2, 0.25) is 5.91 Å². The largest absolute Gasteiger partial charge is 0.290 e. The minimum absolute atomic E-state index is 0.0372. The molecule has 4 rings (SSSR count). The highest BCUT2D eigenvalue weighted by atomic mass is 16.2. The minimum atomic E-state index is -0.625. The van der Waals surface area contributed by atoms with Gasteiger partial charge in [0.05, 0.1) is 10.8 Å². The summed E-state index contributed by atoms with van der Waals surface area (Å²) >= 11 is 0. The Hall–Kier alpha value is -3.48. The van der Waals surface area contributed by atoms with Crippen LogP contribution < -0.4 is 16.4 Å². The van der Waals surface area contributed by atoms with Crippen molar-refractivity contribution in [2.24, 2.45) is 0 Å². The third-order valence-electron chi connectivity index (χ3n) is 6.30. The lowest BCUT2D eigenvalue weighted by molar-refractivity contribution is -0.124. The van der Waals surface area contributed by atoms with E-state index in [0.717, 1.165) is 18.4 Å². The Labute approximate surface area is 193 Å². The first-order valence-electron chi connectivity index (χ1n) is 11.4. The van der Waals surface area contributed by atoms with Crippen molar-refractivity contribution < 1.29 is 9.59 Å². The van der Waals surface area contributed by atoms with E-state index in [-0.39, 0.29) is 22.6 Å². The number of amides is 2. The molecule has 1 heterocycles. The average Bonchev–Trinajstić information content (AvgIpc) is 3.61. The molecule has 1 saturated carbocycles. The molecule has 0 atom stereocenters. The first-order chi connectivity index (χ1) is 15.7. The molecular weight excluding hydrogens is 416 g/mol. The summed E-state index contributed by atoms with van der Waals surface area (Å²) in [5.74, 6) is -0.797. The zero-order valence-corrected chi connectivity index (χ0v) is 19.6. The van der Waals surface area contributed by atoms with E-state index in [0.29, 0.717) is 23.7 Å². The normalized spacial score (nSPS) is 14.7. The van der Waals surface area contributed by atoms with Gasteiger partial charge in [-0.2, -0.15) is 5.10 Å². The van der Waals surface area contributed by atoms with Crippen LogP contribution in [0.25, 0.3) is 10.8 Å². The van der Waals surface area contributed by atoms with Crippen molar-refractivity contribution in [2.45, 2.75) is 64.3 Å². The minimum Gasteiger partial charge on any atom is -0.272 e. The maximum Gasteiger partial charge on any atom is 0.290 e. The molecule has 33 heavy (non-hydrogen) atoms. The lowest BCUT2D eigenvalue weighted by Crippen LogP contribution is -2.47. The SMILES string of the molecule is CCCn1nc(C(=O)NNC(=O)C2(c3ccc(C(C)(C)C)cc3)CC2)c2ccccc2c1=O. The molecule has 7 nitrogen and oxygen atoms in total. The maximum atomic E-state index is 13.0. The molecule has 172 valence electrons. The Morgan fingerprint density at radius 2 is 1.64 bits per heavy atom. The van der Waals surface area contributed by atoms with Gasteiger partial charge in [0.1, 0.15) is 0 Å². The van der Waals surface area contributed by atoms with E-state index >= 15 is 0 Å². The van der Waals surface area contributed by atoms with Crippen molar-refractivity contribution in [3.05, 3.63) is 75.7 Å². The first kappa shape index (κ1) is 22.7. The van der Waals surface area contributed by atoms with Gasteiger partial charge in [-0.05, 0) is 41.9 Å². The van der Waals surface area contributed by atoms with Crippen LogP contribution in [-0.2, 0) is 22.2 Å². The molecule has 0 spiro atoms. The lowest BCUT2D eigenvalue weighted by atomic mass is 9.85. The number of benzene rings is 2. The van der Waals surface area contributed by atoms with Gasteiger partial charge < -0.3 is 0 Å². The fourth-order valence-electron chi connectivity index (χ4n) is 4.12. The van der Waals surface area contributed by atoms with E-state index in [2.05, 4.69) is 48.9 Å². The molecule has 1 aromatic heterocycles. The molecule has 1 aliphatic rings. The van der Waals surface area contributed by atoms with E-state index in [4.69, 9.17) is 0 Å². The highest BCUT2D eigenvalue weighted by molar-refractivity contribution is 6.05. The Bertz CT molecular complexity index is 1270. The van der Waals surface area contributed by atoms with Crippen molar-refractivity contribution >= 4 is 22.6 Å². The number of fused-ring (bicyclic) bond motifs is 1. The summed E-state index contributed by atoms with van der Waals surface area (Å²) in [6.45, 7) is 8.80. The first-order valence-corrected chi connectivity index (χ1v) is 11.4. The fraction of sp³-hybridized carbons (Fsp3) is 0.385. The summed E-state index contributed by atoms with van der Waals surface area (Å²) in [4.78, 5) is 38.6. The predicted molar refractivity (Wildman–Crippen MR) is 128 cm³/mol. The molecule has 2 amide bonds. The summed E-state index contributed by atoms with van der Waals surface area (Å²) < 4.78 is 1.30. The van der Waals surface area contributed by atoms with E-state index < -0.39 is 11.3 Å². The molecule has 1 aliphatic carbocycles. The Morgan fingerprint density at radius 1 is 1.00 bits per heavy atom. The third-order valence-corrected chi connectivity index (χ3v) is 6.30. The van der Waals surface area contributed by atoms with Gasteiger partial charge in [-0.15, -0.1) is 0 Å². The van der Waals surface area contributed by atoms with Crippen molar-refractivity contribution in [3.8, 4) is 0 Å². The summed E-state index contributed by atoms with van der Waals surface area (Å²) in [5.41, 5.74) is 6.55. The molecule has 0 saturated heterocycles. The van der Waals surface area contributed by atoms with Crippen molar-refractivity contribution in [1.82, 2.24) is 20.6 Å².